The predicted molar refractivity (Wildman–Crippen MR) is 98.7 cm³/mol. The number of rotatable bonds is 4. The van der Waals surface area contributed by atoms with Gasteiger partial charge in [-0.1, -0.05) is 18.2 Å². The normalized spacial score (nSPS) is 12.1. The van der Waals surface area contributed by atoms with E-state index < -0.39 is 10.8 Å². The van der Waals surface area contributed by atoms with Crippen LogP contribution in [0.15, 0.2) is 60.8 Å². The summed E-state index contributed by atoms with van der Waals surface area (Å²) in [5, 5.41) is 0.991. The molecule has 0 aliphatic heterocycles. The van der Waals surface area contributed by atoms with E-state index in [0.717, 1.165) is 22.2 Å². The van der Waals surface area contributed by atoms with Crippen LogP contribution in [0.4, 0.5) is 5.69 Å². The molecular formula is C19H18N2O2S. The van der Waals surface area contributed by atoms with Gasteiger partial charge >= 0.3 is 0 Å². The number of pyridine rings is 1. The predicted octanol–water partition coefficient (Wildman–Crippen LogP) is 3.39. The highest BCUT2D eigenvalue weighted by Gasteiger charge is 2.14. The number of carbonyl (C=O) groups excluding carboxylic acids is 1. The summed E-state index contributed by atoms with van der Waals surface area (Å²) in [4.78, 5) is 18.7. The zero-order chi connectivity index (χ0) is 17.1. The standard InChI is InChI=1S/C19H18N2O2S/c1-21(17-8-9-18-15(12-17)7-4-10-20-18)19(22)16-6-3-5-14(11-16)13-24(2)23/h3-12H,13H2,1-2H3. The zero-order valence-electron chi connectivity index (χ0n) is 13.6. The molecule has 0 saturated heterocycles. The third kappa shape index (κ3) is 3.51. The van der Waals surface area contributed by atoms with E-state index in [-0.39, 0.29) is 5.91 Å². The van der Waals surface area contributed by atoms with Crippen LogP contribution in [-0.2, 0) is 16.6 Å². The van der Waals surface area contributed by atoms with Crippen LogP contribution in [0.25, 0.3) is 10.9 Å². The number of carbonyl (C=O) groups is 1. The highest BCUT2D eigenvalue weighted by molar-refractivity contribution is 7.83. The van der Waals surface area contributed by atoms with E-state index in [1.165, 1.54) is 0 Å². The lowest BCUT2D eigenvalue weighted by molar-refractivity contribution is 0.0993. The van der Waals surface area contributed by atoms with Crippen molar-refractivity contribution in [3.63, 3.8) is 0 Å². The smallest absolute Gasteiger partial charge is 0.258 e. The Morgan fingerprint density at radius 1 is 1.12 bits per heavy atom. The zero-order valence-corrected chi connectivity index (χ0v) is 14.4. The summed E-state index contributed by atoms with van der Waals surface area (Å²) in [7, 11) is 0.822. The molecular weight excluding hydrogens is 320 g/mol. The van der Waals surface area contributed by atoms with E-state index in [0.29, 0.717) is 11.3 Å². The Bertz CT molecular complexity index is 924. The average Bonchev–Trinajstić information content (AvgIpc) is 2.59. The summed E-state index contributed by atoms with van der Waals surface area (Å²) in [6, 6.07) is 16.9. The van der Waals surface area contributed by atoms with Crippen LogP contribution in [0.5, 0.6) is 0 Å². The summed E-state index contributed by atoms with van der Waals surface area (Å²) in [5.41, 5.74) is 3.20. The summed E-state index contributed by atoms with van der Waals surface area (Å²) in [6.07, 6.45) is 3.41. The highest BCUT2D eigenvalue weighted by atomic mass is 32.2. The van der Waals surface area contributed by atoms with Crippen LogP contribution in [0.3, 0.4) is 0 Å². The first-order chi connectivity index (χ1) is 11.5. The molecule has 0 N–H and O–H groups in total. The van der Waals surface area contributed by atoms with Crippen LogP contribution < -0.4 is 4.90 Å². The fourth-order valence-corrected chi connectivity index (χ4v) is 3.26. The minimum atomic E-state index is -0.932. The van der Waals surface area contributed by atoms with Gasteiger partial charge in [0.25, 0.3) is 5.91 Å². The van der Waals surface area contributed by atoms with Gasteiger partial charge in [0, 0.05) is 52.7 Å². The first-order valence-electron chi connectivity index (χ1n) is 7.56. The van der Waals surface area contributed by atoms with E-state index in [1.807, 2.05) is 48.5 Å². The van der Waals surface area contributed by atoms with Crippen LogP contribution in [0, 0.1) is 0 Å². The lowest BCUT2D eigenvalue weighted by Crippen LogP contribution is -2.26. The van der Waals surface area contributed by atoms with E-state index in [2.05, 4.69) is 4.98 Å². The number of nitrogens with zero attached hydrogens (tertiary/aromatic N) is 2. The van der Waals surface area contributed by atoms with E-state index in [9.17, 15) is 9.00 Å². The van der Waals surface area contributed by atoms with Gasteiger partial charge in [-0.3, -0.25) is 14.0 Å². The number of fused-ring (bicyclic) bond motifs is 1. The maximum atomic E-state index is 12.8. The van der Waals surface area contributed by atoms with Crippen LogP contribution >= 0.6 is 0 Å². The molecule has 122 valence electrons. The van der Waals surface area contributed by atoms with Gasteiger partial charge in [-0.05, 0) is 42.0 Å². The number of anilines is 1. The van der Waals surface area contributed by atoms with E-state index >= 15 is 0 Å². The van der Waals surface area contributed by atoms with Crippen molar-refractivity contribution in [1.29, 1.82) is 0 Å². The van der Waals surface area contributed by atoms with Gasteiger partial charge in [0.2, 0.25) is 0 Å². The lowest BCUT2D eigenvalue weighted by atomic mass is 10.1. The summed E-state index contributed by atoms with van der Waals surface area (Å²) < 4.78 is 11.4. The van der Waals surface area contributed by atoms with Gasteiger partial charge in [-0.2, -0.15) is 0 Å². The lowest BCUT2D eigenvalue weighted by Gasteiger charge is -2.18. The van der Waals surface area contributed by atoms with E-state index in [1.54, 1.807) is 30.5 Å². The maximum Gasteiger partial charge on any atom is 0.258 e. The Hall–Kier alpha value is -2.53. The second-order valence-electron chi connectivity index (χ2n) is 5.66. The van der Waals surface area contributed by atoms with Gasteiger partial charge in [0.05, 0.1) is 5.52 Å². The minimum Gasteiger partial charge on any atom is -0.311 e. The molecule has 0 fully saturated rings. The van der Waals surface area contributed by atoms with Crippen molar-refractivity contribution in [3.8, 4) is 0 Å². The Morgan fingerprint density at radius 2 is 1.96 bits per heavy atom. The molecule has 1 unspecified atom stereocenters. The van der Waals surface area contributed by atoms with Crippen LogP contribution in [0.2, 0.25) is 0 Å². The molecule has 0 aliphatic carbocycles. The Morgan fingerprint density at radius 3 is 2.75 bits per heavy atom. The molecule has 5 heteroatoms. The second-order valence-corrected chi connectivity index (χ2v) is 7.10. The van der Waals surface area contributed by atoms with Crippen molar-refractivity contribution in [2.45, 2.75) is 5.75 Å². The Labute approximate surface area is 143 Å². The summed E-state index contributed by atoms with van der Waals surface area (Å²) >= 11 is 0. The molecule has 0 saturated carbocycles. The van der Waals surface area contributed by atoms with Crippen LogP contribution in [-0.4, -0.2) is 28.4 Å². The number of aromatic nitrogens is 1. The SMILES string of the molecule is CN(C(=O)c1cccc(CS(C)=O)c1)c1ccc2ncccc2c1. The van der Waals surface area contributed by atoms with Gasteiger partial charge in [-0.15, -0.1) is 0 Å². The van der Waals surface area contributed by atoms with Gasteiger partial charge in [0.1, 0.15) is 0 Å². The van der Waals surface area contributed by atoms with Crippen LogP contribution in [0.1, 0.15) is 15.9 Å². The monoisotopic (exact) mass is 338 g/mol. The minimum absolute atomic E-state index is 0.0954. The van der Waals surface area contributed by atoms with Gasteiger partial charge in [0.15, 0.2) is 0 Å². The number of hydrogen-bond acceptors (Lipinski definition) is 3. The molecule has 1 amide bonds. The molecule has 0 bridgehead atoms. The molecule has 1 aromatic heterocycles. The first-order valence-corrected chi connectivity index (χ1v) is 9.29. The molecule has 0 aliphatic rings. The topological polar surface area (TPSA) is 50.3 Å². The summed E-state index contributed by atoms with van der Waals surface area (Å²) in [5.74, 6) is 0.355. The molecule has 1 heterocycles. The molecule has 4 nitrogen and oxygen atoms in total. The molecule has 3 aromatic rings. The molecule has 2 aromatic carbocycles. The Balaban J connectivity index is 1.89. The van der Waals surface area contributed by atoms with Crippen molar-refractivity contribution in [2.75, 3.05) is 18.2 Å². The fraction of sp³-hybridized carbons (Fsp3) is 0.158. The van der Waals surface area contributed by atoms with Gasteiger partial charge < -0.3 is 4.90 Å². The van der Waals surface area contributed by atoms with Crippen molar-refractivity contribution in [3.05, 3.63) is 71.9 Å². The average molecular weight is 338 g/mol. The van der Waals surface area contributed by atoms with Crippen molar-refractivity contribution in [1.82, 2.24) is 4.98 Å². The second kappa shape index (κ2) is 6.93. The fourth-order valence-electron chi connectivity index (χ4n) is 2.61. The summed E-state index contributed by atoms with van der Waals surface area (Å²) in [6.45, 7) is 0. The molecule has 1 atom stereocenters. The highest BCUT2D eigenvalue weighted by Crippen LogP contribution is 2.21. The quantitative estimate of drug-likeness (QED) is 0.733. The maximum absolute atomic E-state index is 12.8. The number of benzene rings is 2. The van der Waals surface area contributed by atoms with Crippen molar-refractivity contribution >= 4 is 33.3 Å². The molecule has 0 radical (unpaired) electrons. The molecule has 24 heavy (non-hydrogen) atoms. The number of hydrogen-bond donors (Lipinski definition) is 0. The first kappa shape index (κ1) is 16.3. The van der Waals surface area contributed by atoms with Gasteiger partial charge in [-0.25, -0.2) is 0 Å². The third-order valence-electron chi connectivity index (χ3n) is 3.82. The Kier molecular flexibility index (Phi) is 4.71. The van der Waals surface area contributed by atoms with Crippen molar-refractivity contribution < 1.29 is 9.00 Å². The molecule has 3 rings (SSSR count). The van der Waals surface area contributed by atoms with E-state index in [4.69, 9.17) is 0 Å². The third-order valence-corrected chi connectivity index (χ3v) is 4.56. The van der Waals surface area contributed by atoms with Crippen molar-refractivity contribution in [2.24, 2.45) is 0 Å². The largest absolute Gasteiger partial charge is 0.311 e. The molecule has 0 spiro atoms. The number of amides is 1.